The van der Waals surface area contributed by atoms with Gasteiger partial charge in [-0.05, 0) is 81.5 Å². The third-order valence-electron chi connectivity index (χ3n) is 5.67. The molecule has 2 N–H and O–H groups in total. The van der Waals surface area contributed by atoms with Crippen molar-refractivity contribution in [2.75, 3.05) is 5.32 Å². The number of benzene rings is 2. The van der Waals surface area contributed by atoms with Crippen LogP contribution in [0, 0.1) is 5.92 Å². The van der Waals surface area contributed by atoms with E-state index in [9.17, 15) is 14.3 Å². The van der Waals surface area contributed by atoms with Crippen molar-refractivity contribution in [3.63, 3.8) is 0 Å². The zero-order chi connectivity index (χ0) is 25.8. The molecule has 0 aliphatic rings. The lowest BCUT2D eigenvalue weighted by Gasteiger charge is -2.31. The molecule has 1 aromatic heterocycles. The minimum absolute atomic E-state index is 0.0480. The van der Waals surface area contributed by atoms with E-state index >= 15 is 0 Å². The first-order valence-corrected chi connectivity index (χ1v) is 14.0. The summed E-state index contributed by atoms with van der Waals surface area (Å²) in [6.45, 7) is 11.4. The lowest BCUT2D eigenvalue weighted by atomic mass is 9.95. The van der Waals surface area contributed by atoms with Gasteiger partial charge in [-0.15, -0.1) is 11.3 Å². The van der Waals surface area contributed by atoms with Crippen LogP contribution in [0.5, 0.6) is 5.75 Å². The molecule has 0 spiro atoms. The number of carbonyl (C=O) groups is 1. The number of aromatic nitrogens is 1. The van der Waals surface area contributed by atoms with Crippen molar-refractivity contribution in [1.29, 1.82) is 0 Å². The highest BCUT2D eigenvalue weighted by molar-refractivity contribution is 7.61. The van der Waals surface area contributed by atoms with Crippen LogP contribution in [0.1, 0.15) is 63.0 Å². The first-order chi connectivity index (χ1) is 16.4. The van der Waals surface area contributed by atoms with Gasteiger partial charge < -0.3 is 9.63 Å². The number of rotatable bonds is 10. The van der Waals surface area contributed by atoms with Crippen LogP contribution in [0.4, 0.5) is 5.13 Å². The second kappa shape index (κ2) is 11.0. The van der Waals surface area contributed by atoms with E-state index < -0.39 is 13.2 Å². The zero-order valence-electron chi connectivity index (χ0n) is 20.9. The van der Waals surface area contributed by atoms with Crippen LogP contribution in [0.2, 0.25) is 0 Å². The number of ether oxygens (including phenoxy) is 1. The van der Waals surface area contributed by atoms with Crippen molar-refractivity contribution >= 4 is 35.3 Å². The van der Waals surface area contributed by atoms with Crippen molar-refractivity contribution in [2.45, 2.75) is 59.7 Å². The SMILES string of the molecule is CC(C)Oc1cc(Cc2ccc(P(=O)(O)OC(C)(C)C(C)C)cc2)cc(C(=O)Nc2nccs2)c1. The molecule has 1 atom stereocenters. The fraction of sp³-hybridized carbons (Fsp3) is 0.385. The average molecular weight is 517 g/mol. The lowest BCUT2D eigenvalue weighted by molar-refractivity contribution is 0.0511. The van der Waals surface area contributed by atoms with Gasteiger partial charge in [-0.1, -0.05) is 26.0 Å². The molecular formula is C26H33N2O5PS. The number of thiazole rings is 1. The number of hydrogen-bond donors (Lipinski definition) is 2. The number of amides is 1. The maximum absolute atomic E-state index is 12.9. The molecule has 0 bridgehead atoms. The Morgan fingerprint density at radius 2 is 1.80 bits per heavy atom. The lowest BCUT2D eigenvalue weighted by Crippen LogP contribution is -2.31. The fourth-order valence-electron chi connectivity index (χ4n) is 3.20. The molecule has 7 nitrogen and oxygen atoms in total. The smallest absolute Gasteiger partial charge is 0.359 e. The van der Waals surface area contributed by atoms with Crippen molar-refractivity contribution in [3.8, 4) is 5.75 Å². The molecule has 35 heavy (non-hydrogen) atoms. The number of carbonyl (C=O) groups excluding carboxylic acids is 1. The van der Waals surface area contributed by atoms with Crippen molar-refractivity contribution in [1.82, 2.24) is 4.98 Å². The molecule has 9 heteroatoms. The Bertz CT molecular complexity index is 1190. The second-order valence-corrected chi connectivity index (χ2v) is 12.2. The first kappa shape index (κ1) is 27.1. The third kappa shape index (κ3) is 7.48. The number of anilines is 1. The van der Waals surface area contributed by atoms with Gasteiger partial charge in [0.15, 0.2) is 5.13 Å². The van der Waals surface area contributed by atoms with Crippen LogP contribution < -0.4 is 15.4 Å². The maximum Gasteiger partial charge on any atom is 0.359 e. The van der Waals surface area contributed by atoms with E-state index in [0.717, 1.165) is 11.1 Å². The van der Waals surface area contributed by atoms with Crippen LogP contribution in [-0.4, -0.2) is 27.5 Å². The van der Waals surface area contributed by atoms with Crippen molar-refractivity contribution in [2.24, 2.45) is 5.92 Å². The van der Waals surface area contributed by atoms with Crippen LogP contribution in [0.25, 0.3) is 0 Å². The minimum Gasteiger partial charge on any atom is -0.491 e. The van der Waals surface area contributed by atoms with Gasteiger partial charge in [0.2, 0.25) is 0 Å². The van der Waals surface area contributed by atoms with E-state index in [1.54, 1.807) is 41.9 Å². The Morgan fingerprint density at radius 1 is 1.11 bits per heavy atom. The molecule has 1 amide bonds. The van der Waals surface area contributed by atoms with Gasteiger partial charge in [-0.3, -0.25) is 19.2 Å². The number of hydrogen-bond acceptors (Lipinski definition) is 6. The summed E-state index contributed by atoms with van der Waals surface area (Å²) >= 11 is 1.35. The topological polar surface area (TPSA) is 97.8 Å². The predicted octanol–water partition coefficient (Wildman–Crippen LogP) is 6.04. The van der Waals surface area contributed by atoms with Gasteiger partial charge >= 0.3 is 7.60 Å². The summed E-state index contributed by atoms with van der Waals surface area (Å²) in [6.07, 6.45) is 2.10. The Labute approximate surface area is 211 Å². The molecule has 1 unspecified atom stereocenters. The molecule has 2 aromatic carbocycles. The van der Waals surface area contributed by atoms with Crippen LogP contribution in [0.3, 0.4) is 0 Å². The Morgan fingerprint density at radius 3 is 2.37 bits per heavy atom. The molecule has 0 saturated heterocycles. The minimum atomic E-state index is -3.97. The molecule has 0 aliphatic carbocycles. The standard InChI is InChI=1S/C26H33N2O5PS/c1-17(2)26(5,6)33-34(30,31)23-9-7-19(8-10-23)13-20-14-21(16-22(15-20)32-18(3)4)24(29)28-25-27-11-12-35-25/h7-12,14-18H,13H2,1-6H3,(H,30,31)(H,27,28,29). The Balaban J connectivity index is 1.82. The summed E-state index contributed by atoms with van der Waals surface area (Å²) in [5.41, 5.74) is 1.53. The Kier molecular flexibility index (Phi) is 8.54. The highest BCUT2D eigenvalue weighted by Crippen LogP contribution is 2.46. The normalized spacial score (nSPS) is 13.6. The van der Waals surface area contributed by atoms with Crippen LogP contribution in [0.15, 0.2) is 54.0 Å². The fourth-order valence-corrected chi connectivity index (χ4v) is 5.21. The summed E-state index contributed by atoms with van der Waals surface area (Å²) in [6, 6.07) is 12.3. The van der Waals surface area contributed by atoms with E-state index in [-0.39, 0.29) is 23.2 Å². The quantitative estimate of drug-likeness (QED) is 0.319. The van der Waals surface area contributed by atoms with E-state index in [2.05, 4.69) is 10.3 Å². The Hall–Kier alpha value is -2.51. The number of nitrogens with zero attached hydrogens (tertiary/aromatic N) is 1. The van der Waals surface area contributed by atoms with E-state index in [0.29, 0.717) is 22.9 Å². The summed E-state index contributed by atoms with van der Waals surface area (Å²) in [5.74, 6) is 0.407. The zero-order valence-corrected chi connectivity index (χ0v) is 22.7. The van der Waals surface area contributed by atoms with Crippen molar-refractivity contribution in [3.05, 3.63) is 70.7 Å². The molecule has 3 rings (SSSR count). The highest BCUT2D eigenvalue weighted by atomic mass is 32.1. The number of nitrogens with one attached hydrogen (secondary N) is 1. The van der Waals surface area contributed by atoms with Gasteiger partial charge in [-0.25, -0.2) is 4.98 Å². The molecular weight excluding hydrogens is 483 g/mol. The largest absolute Gasteiger partial charge is 0.491 e. The molecule has 188 valence electrons. The third-order valence-corrected chi connectivity index (χ3v) is 8.03. The molecule has 0 aliphatic heterocycles. The molecule has 3 aromatic rings. The van der Waals surface area contributed by atoms with Gasteiger partial charge in [-0.2, -0.15) is 0 Å². The van der Waals surface area contributed by atoms with Gasteiger partial charge in [0.1, 0.15) is 5.75 Å². The summed E-state index contributed by atoms with van der Waals surface area (Å²) in [5, 5.41) is 5.37. The predicted molar refractivity (Wildman–Crippen MR) is 141 cm³/mol. The summed E-state index contributed by atoms with van der Waals surface area (Å²) in [4.78, 5) is 27.4. The first-order valence-electron chi connectivity index (χ1n) is 11.5. The monoisotopic (exact) mass is 516 g/mol. The van der Waals surface area contributed by atoms with Crippen molar-refractivity contribution < 1.29 is 23.5 Å². The maximum atomic E-state index is 12.9. The molecule has 1 heterocycles. The average Bonchev–Trinajstić information content (AvgIpc) is 3.25. The molecule has 0 saturated carbocycles. The van der Waals surface area contributed by atoms with E-state index in [1.165, 1.54) is 11.3 Å². The molecule has 0 fully saturated rings. The van der Waals surface area contributed by atoms with Crippen LogP contribution in [-0.2, 0) is 15.5 Å². The summed E-state index contributed by atoms with van der Waals surface area (Å²) < 4.78 is 24.4. The van der Waals surface area contributed by atoms with Crippen LogP contribution >= 0.6 is 18.9 Å². The van der Waals surface area contributed by atoms with Gasteiger partial charge in [0, 0.05) is 17.1 Å². The molecule has 0 radical (unpaired) electrons. The van der Waals surface area contributed by atoms with Gasteiger partial charge in [0.05, 0.1) is 17.0 Å². The van der Waals surface area contributed by atoms with E-state index in [1.807, 2.05) is 53.7 Å². The van der Waals surface area contributed by atoms with E-state index in [4.69, 9.17) is 9.26 Å². The highest BCUT2D eigenvalue weighted by Gasteiger charge is 2.34. The second-order valence-electron chi connectivity index (χ2n) is 9.54. The van der Waals surface area contributed by atoms with Gasteiger partial charge in [0.25, 0.3) is 5.91 Å². The summed E-state index contributed by atoms with van der Waals surface area (Å²) in [7, 11) is -3.97.